The van der Waals surface area contributed by atoms with Gasteiger partial charge in [0.15, 0.2) is 0 Å². The second-order valence-corrected chi connectivity index (χ2v) is 8.67. The normalized spacial score (nSPS) is 29.6. The zero-order valence-corrected chi connectivity index (χ0v) is 17.6. The summed E-state index contributed by atoms with van der Waals surface area (Å²) in [6, 6.07) is 5.94. The van der Waals surface area contributed by atoms with Crippen LogP contribution in [0.4, 0.5) is 4.39 Å². The summed E-state index contributed by atoms with van der Waals surface area (Å²) in [6.45, 7) is 2.43. The van der Waals surface area contributed by atoms with Crippen LogP contribution >= 0.6 is 12.4 Å². The van der Waals surface area contributed by atoms with Crippen molar-refractivity contribution in [1.82, 2.24) is 9.80 Å². The number of nitrogens with two attached hydrogens (primary N) is 1. The molecule has 0 spiro atoms. The minimum Gasteiger partial charge on any atom is -0.341 e. The molecular weight excluding hydrogens is 393 g/mol. The number of amides is 2. The summed E-state index contributed by atoms with van der Waals surface area (Å²) in [4.78, 5) is 29.6. The molecule has 1 aliphatic heterocycles. The van der Waals surface area contributed by atoms with Gasteiger partial charge in [-0.15, -0.1) is 12.4 Å². The van der Waals surface area contributed by atoms with Gasteiger partial charge in [-0.3, -0.25) is 9.59 Å². The number of benzene rings is 1. The molecule has 1 heterocycles. The van der Waals surface area contributed by atoms with Crippen molar-refractivity contribution in [2.24, 2.45) is 23.5 Å². The highest BCUT2D eigenvalue weighted by atomic mass is 35.5. The highest BCUT2D eigenvalue weighted by molar-refractivity contribution is 5.94. The van der Waals surface area contributed by atoms with E-state index >= 15 is 0 Å². The predicted molar refractivity (Wildman–Crippen MR) is 112 cm³/mol. The summed E-state index contributed by atoms with van der Waals surface area (Å²) in [7, 11) is 0. The lowest BCUT2D eigenvalue weighted by Gasteiger charge is -2.44. The maximum Gasteiger partial charge on any atom is 0.253 e. The first kappa shape index (κ1) is 22.0. The fraction of sp³-hybridized carbons (Fsp3) is 0.636. The Balaban J connectivity index is 0.00000240. The van der Waals surface area contributed by atoms with Crippen LogP contribution in [0.1, 0.15) is 48.9 Å². The first-order valence-electron chi connectivity index (χ1n) is 10.6. The average Bonchev–Trinajstić information content (AvgIpc) is 2.93. The van der Waals surface area contributed by atoms with Gasteiger partial charge < -0.3 is 15.5 Å². The molecule has 2 saturated carbocycles. The lowest BCUT2D eigenvalue weighted by Crippen LogP contribution is -2.50. The molecule has 2 aliphatic carbocycles. The molecule has 4 rings (SSSR count). The number of carbonyl (C=O) groups is 2. The van der Waals surface area contributed by atoms with Crippen molar-refractivity contribution in [2.45, 2.75) is 44.6 Å². The van der Waals surface area contributed by atoms with Crippen molar-refractivity contribution >= 4 is 24.2 Å². The summed E-state index contributed by atoms with van der Waals surface area (Å²) in [5, 5.41) is 0. The number of halogens is 2. The Bertz CT molecular complexity index is 715. The second kappa shape index (κ2) is 9.43. The van der Waals surface area contributed by atoms with Gasteiger partial charge in [0.2, 0.25) is 5.91 Å². The average molecular weight is 424 g/mol. The monoisotopic (exact) mass is 423 g/mol. The lowest BCUT2D eigenvalue weighted by atomic mass is 9.65. The summed E-state index contributed by atoms with van der Waals surface area (Å²) in [6.07, 6.45) is 6.17. The van der Waals surface area contributed by atoms with Crippen LogP contribution in [0.3, 0.4) is 0 Å². The van der Waals surface area contributed by atoms with Crippen LogP contribution in [-0.4, -0.2) is 53.8 Å². The van der Waals surface area contributed by atoms with Crippen LogP contribution in [0, 0.1) is 23.6 Å². The van der Waals surface area contributed by atoms with E-state index in [0.29, 0.717) is 43.6 Å². The topological polar surface area (TPSA) is 66.6 Å². The molecule has 1 aromatic carbocycles. The first-order valence-corrected chi connectivity index (χ1v) is 10.6. The van der Waals surface area contributed by atoms with Gasteiger partial charge in [0, 0.05) is 43.7 Å². The van der Waals surface area contributed by atoms with Gasteiger partial charge in [0.25, 0.3) is 5.91 Å². The van der Waals surface area contributed by atoms with E-state index in [1.165, 1.54) is 30.7 Å². The molecule has 3 aliphatic rings. The van der Waals surface area contributed by atoms with E-state index in [1.54, 1.807) is 4.90 Å². The van der Waals surface area contributed by atoms with Crippen molar-refractivity contribution in [3.8, 4) is 0 Å². The van der Waals surface area contributed by atoms with Crippen LogP contribution in [0.25, 0.3) is 0 Å². The summed E-state index contributed by atoms with van der Waals surface area (Å²) >= 11 is 0. The Kier molecular flexibility index (Phi) is 7.17. The minimum absolute atomic E-state index is 0. The van der Waals surface area contributed by atoms with Crippen molar-refractivity contribution in [3.63, 3.8) is 0 Å². The molecule has 29 heavy (non-hydrogen) atoms. The molecule has 2 bridgehead atoms. The second-order valence-electron chi connectivity index (χ2n) is 8.67. The Morgan fingerprint density at radius 2 is 1.48 bits per heavy atom. The lowest BCUT2D eigenvalue weighted by molar-refractivity contribution is -0.138. The molecule has 0 aromatic heterocycles. The molecule has 7 heteroatoms. The Labute approximate surface area is 178 Å². The van der Waals surface area contributed by atoms with Gasteiger partial charge in [-0.25, -0.2) is 4.39 Å². The SMILES string of the molecule is Cl.NC1C2CCCC1CC(C(=O)N1CCCN(C(=O)c3ccc(F)cc3)CC1)C2. The van der Waals surface area contributed by atoms with Crippen LogP contribution in [0.2, 0.25) is 0 Å². The van der Waals surface area contributed by atoms with Crippen molar-refractivity contribution < 1.29 is 14.0 Å². The number of rotatable bonds is 2. The number of hydrogen-bond donors (Lipinski definition) is 1. The van der Waals surface area contributed by atoms with Gasteiger partial charge >= 0.3 is 0 Å². The molecule has 2 atom stereocenters. The van der Waals surface area contributed by atoms with Gasteiger partial charge in [0.05, 0.1) is 0 Å². The van der Waals surface area contributed by atoms with Crippen LogP contribution in [0.5, 0.6) is 0 Å². The highest BCUT2D eigenvalue weighted by Crippen LogP contribution is 2.42. The highest BCUT2D eigenvalue weighted by Gasteiger charge is 2.41. The molecule has 1 aromatic rings. The molecule has 5 nitrogen and oxygen atoms in total. The number of carbonyl (C=O) groups excluding carboxylic acids is 2. The molecule has 0 radical (unpaired) electrons. The fourth-order valence-corrected chi connectivity index (χ4v) is 5.36. The van der Waals surface area contributed by atoms with E-state index in [9.17, 15) is 14.0 Å². The van der Waals surface area contributed by atoms with Crippen molar-refractivity contribution in [1.29, 1.82) is 0 Å². The summed E-state index contributed by atoms with van der Waals surface area (Å²) in [5.74, 6) is 0.887. The standard InChI is InChI=1S/C22H30FN3O2.ClH/c23-19-7-5-15(6-8-19)21(27)25-9-2-10-26(12-11-25)22(28)18-13-16-3-1-4-17(14-18)20(16)24;/h5-8,16-18,20H,1-4,9-14,24H2;1H. The minimum atomic E-state index is -0.346. The Morgan fingerprint density at radius 1 is 0.897 bits per heavy atom. The van der Waals surface area contributed by atoms with E-state index < -0.39 is 0 Å². The van der Waals surface area contributed by atoms with E-state index in [-0.39, 0.29) is 42.0 Å². The summed E-state index contributed by atoms with van der Waals surface area (Å²) < 4.78 is 13.1. The van der Waals surface area contributed by atoms with Gasteiger partial charge in [0.1, 0.15) is 5.82 Å². The van der Waals surface area contributed by atoms with E-state index in [1.807, 2.05) is 4.90 Å². The molecule has 3 fully saturated rings. The maximum absolute atomic E-state index is 13.2. The first-order chi connectivity index (χ1) is 13.5. The van der Waals surface area contributed by atoms with Crippen molar-refractivity contribution in [2.75, 3.05) is 26.2 Å². The zero-order valence-electron chi connectivity index (χ0n) is 16.8. The molecule has 2 amide bonds. The fourth-order valence-electron chi connectivity index (χ4n) is 5.36. The quantitative estimate of drug-likeness (QED) is 0.794. The molecule has 2 N–H and O–H groups in total. The van der Waals surface area contributed by atoms with Crippen molar-refractivity contribution in [3.05, 3.63) is 35.6 Å². The summed E-state index contributed by atoms with van der Waals surface area (Å²) in [5.41, 5.74) is 6.87. The molecular formula is C22H31ClFN3O2. The third kappa shape index (κ3) is 4.75. The van der Waals surface area contributed by atoms with Crippen LogP contribution in [0.15, 0.2) is 24.3 Å². The third-order valence-electron chi connectivity index (χ3n) is 6.95. The number of fused-ring (bicyclic) bond motifs is 2. The zero-order chi connectivity index (χ0) is 19.7. The third-order valence-corrected chi connectivity index (χ3v) is 6.95. The number of nitrogens with zero attached hydrogens (tertiary/aromatic N) is 2. The smallest absolute Gasteiger partial charge is 0.253 e. The van der Waals surface area contributed by atoms with E-state index in [2.05, 4.69) is 0 Å². The number of hydrogen-bond acceptors (Lipinski definition) is 3. The van der Waals surface area contributed by atoms with Gasteiger partial charge in [-0.2, -0.15) is 0 Å². The molecule has 2 unspecified atom stereocenters. The Hall–Kier alpha value is -1.66. The van der Waals surface area contributed by atoms with E-state index in [0.717, 1.165) is 32.1 Å². The Morgan fingerprint density at radius 3 is 2.14 bits per heavy atom. The van der Waals surface area contributed by atoms with Crippen LogP contribution < -0.4 is 5.73 Å². The van der Waals surface area contributed by atoms with Gasteiger partial charge in [-0.1, -0.05) is 6.42 Å². The van der Waals surface area contributed by atoms with Gasteiger partial charge in [-0.05, 0) is 68.2 Å². The molecule has 160 valence electrons. The van der Waals surface area contributed by atoms with E-state index in [4.69, 9.17) is 5.73 Å². The predicted octanol–water partition coefficient (Wildman–Crippen LogP) is 3.08. The van der Waals surface area contributed by atoms with Crippen LogP contribution in [-0.2, 0) is 4.79 Å². The maximum atomic E-state index is 13.2. The largest absolute Gasteiger partial charge is 0.341 e. The molecule has 1 saturated heterocycles.